The largest absolute Gasteiger partial charge is 0.497 e. The van der Waals surface area contributed by atoms with E-state index in [2.05, 4.69) is 35.2 Å². The van der Waals surface area contributed by atoms with E-state index in [0.717, 1.165) is 43.9 Å². The Morgan fingerprint density at radius 3 is 2.67 bits per heavy atom. The van der Waals surface area contributed by atoms with Gasteiger partial charge in [0.2, 0.25) is 0 Å². The molecule has 0 amide bonds. The molecule has 0 unspecified atom stereocenters. The predicted molar refractivity (Wildman–Crippen MR) is 86.5 cm³/mol. The van der Waals surface area contributed by atoms with Crippen molar-refractivity contribution < 1.29 is 4.74 Å². The lowest BCUT2D eigenvalue weighted by Crippen LogP contribution is -2.32. The van der Waals surface area contributed by atoms with Gasteiger partial charge >= 0.3 is 0 Å². The lowest BCUT2D eigenvalue weighted by atomic mass is 9.99. The smallest absolute Gasteiger partial charge is 0.119 e. The fourth-order valence-corrected chi connectivity index (χ4v) is 2.88. The van der Waals surface area contributed by atoms with Crippen molar-refractivity contribution in [3.8, 4) is 5.75 Å². The molecule has 0 fully saturated rings. The molecule has 3 rings (SSSR count). The van der Waals surface area contributed by atoms with Crippen molar-refractivity contribution in [2.45, 2.75) is 19.4 Å². The van der Waals surface area contributed by atoms with E-state index in [0.29, 0.717) is 0 Å². The Morgan fingerprint density at radius 1 is 1.10 bits per heavy atom. The summed E-state index contributed by atoms with van der Waals surface area (Å²) in [6, 6.07) is 14.6. The van der Waals surface area contributed by atoms with Crippen LogP contribution in [0.25, 0.3) is 0 Å². The second-order valence-corrected chi connectivity index (χ2v) is 5.65. The van der Waals surface area contributed by atoms with Crippen LogP contribution in [0.4, 0.5) is 5.69 Å². The second-order valence-electron chi connectivity index (χ2n) is 5.65. The summed E-state index contributed by atoms with van der Waals surface area (Å²) in [6.45, 7) is 3.25. The average molecular weight is 282 g/mol. The van der Waals surface area contributed by atoms with Crippen LogP contribution in [-0.4, -0.2) is 25.1 Å². The summed E-state index contributed by atoms with van der Waals surface area (Å²) < 4.78 is 5.30. The first-order valence-corrected chi connectivity index (χ1v) is 7.47. The maximum absolute atomic E-state index is 5.72. The molecule has 110 valence electrons. The Labute approximate surface area is 126 Å². The van der Waals surface area contributed by atoms with Crippen LogP contribution in [0, 0.1) is 0 Å². The third-order valence-corrected chi connectivity index (χ3v) is 4.20. The van der Waals surface area contributed by atoms with E-state index >= 15 is 0 Å². The first kappa shape index (κ1) is 14.0. The first-order valence-electron chi connectivity index (χ1n) is 7.47. The van der Waals surface area contributed by atoms with E-state index in [4.69, 9.17) is 10.5 Å². The molecule has 0 aromatic heterocycles. The van der Waals surface area contributed by atoms with Gasteiger partial charge in [-0.05, 0) is 53.8 Å². The van der Waals surface area contributed by atoms with Crippen molar-refractivity contribution in [3.63, 3.8) is 0 Å². The Hall–Kier alpha value is -2.00. The highest BCUT2D eigenvalue weighted by Gasteiger charge is 2.16. The van der Waals surface area contributed by atoms with Gasteiger partial charge in [-0.25, -0.2) is 0 Å². The fourth-order valence-electron chi connectivity index (χ4n) is 2.88. The molecule has 0 radical (unpaired) electrons. The lowest BCUT2D eigenvalue weighted by Gasteiger charge is -2.29. The van der Waals surface area contributed by atoms with E-state index < -0.39 is 0 Å². The van der Waals surface area contributed by atoms with Gasteiger partial charge in [-0.1, -0.05) is 18.2 Å². The Balaban J connectivity index is 1.60. The number of hydrogen-bond acceptors (Lipinski definition) is 3. The molecular formula is C18H22N2O. The van der Waals surface area contributed by atoms with Gasteiger partial charge in [0.05, 0.1) is 7.11 Å². The average Bonchev–Trinajstić information content (AvgIpc) is 2.53. The highest BCUT2D eigenvalue weighted by molar-refractivity contribution is 5.39. The fraction of sp³-hybridized carbons (Fsp3) is 0.333. The van der Waals surface area contributed by atoms with Crippen LogP contribution in [-0.2, 0) is 19.4 Å². The normalized spacial score (nSPS) is 14.7. The van der Waals surface area contributed by atoms with E-state index in [9.17, 15) is 0 Å². The van der Waals surface area contributed by atoms with Crippen molar-refractivity contribution in [1.82, 2.24) is 4.90 Å². The summed E-state index contributed by atoms with van der Waals surface area (Å²) in [5, 5.41) is 0. The van der Waals surface area contributed by atoms with Gasteiger partial charge in [-0.3, -0.25) is 4.90 Å². The van der Waals surface area contributed by atoms with E-state index in [1.165, 1.54) is 16.7 Å². The van der Waals surface area contributed by atoms with Gasteiger partial charge in [-0.2, -0.15) is 0 Å². The number of nitrogens with two attached hydrogens (primary N) is 1. The van der Waals surface area contributed by atoms with E-state index in [-0.39, 0.29) is 0 Å². The lowest BCUT2D eigenvalue weighted by molar-refractivity contribution is 0.257. The van der Waals surface area contributed by atoms with Gasteiger partial charge in [0.15, 0.2) is 0 Å². The minimum absolute atomic E-state index is 0.833. The summed E-state index contributed by atoms with van der Waals surface area (Å²) in [6.07, 6.45) is 2.18. The zero-order chi connectivity index (χ0) is 14.7. The van der Waals surface area contributed by atoms with Crippen molar-refractivity contribution in [2.24, 2.45) is 0 Å². The minimum Gasteiger partial charge on any atom is -0.497 e. The zero-order valence-electron chi connectivity index (χ0n) is 12.5. The Bertz CT molecular complexity index is 607. The summed E-state index contributed by atoms with van der Waals surface area (Å²) in [4.78, 5) is 2.52. The Kier molecular flexibility index (Phi) is 4.11. The molecule has 2 N–H and O–H groups in total. The maximum atomic E-state index is 5.72. The zero-order valence-corrected chi connectivity index (χ0v) is 12.5. The molecule has 1 heterocycles. The third-order valence-electron chi connectivity index (χ3n) is 4.20. The predicted octanol–water partition coefficient (Wildman–Crippen LogP) is 2.88. The van der Waals surface area contributed by atoms with Crippen molar-refractivity contribution in [1.29, 1.82) is 0 Å². The maximum Gasteiger partial charge on any atom is 0.119 e. The summed E-state index contributed by atoms with van der Waals surface area (Å²) in [5.74, 6) is 0.962. The van der Waals surface area contributed by atoms with Crippen LogP contribution >= 0.6 is 0 Å². The van der Waals surface area contributed by atoms with E-state index in [1.54, 1.807) is 7.11 Å². The quantitative estimate of drug-likeness (QED) is 0.876. The van der Waals surface area contributed by atoms with Crippen LogP contribution in [0.15, 0.2) is 42.5 Å². The molecule has 1 aliphatic heterocycles. The molecule has 2 aromatic rings. The monoisotopic (exact) mass is 282 g/mol. The number of benzene rings is 2. The number of methoxy groups -OCH3 is 1. The molecule has 21 heavy (non-hydrogen) atoms. The molecule has 0 saturated carbocycles. The summed E-state index contributed by atoms with van der Waals surface area (Å²) in [7, 11) is 1.73. The number of rotatable bonds is 4. The summed E-state index contributed by atoms with van der Waals surface area (Å²) >= 11 is 0. The molecule has 2 aromatic carbocycles. The topological polar surface area (TPSA) is 38.5 Å². The van der Waals surface area contributed by atoms with Gasteiger partial charge in [0.1, 0.15) is 5.75 Å². The molecular weight excluding hydrogens is 260 g/mol. The first-order chi connectivity index (χ1) is 10.2. The minimum atomic E-state index is 0.833. The van der Waals surface area contributed by atoms with Gasteiger partial charge < -0.3 is 10.5 Å². The molecule has 1 aliphatic rings. The van der Waals surface area contributed by atoms with Crippen LogP contribution in [0.5, 0.6) is 5.75 Å². The number of nitrogens with zero attached hydrogens (tertiary/aromatic N) is 1. The number of ether oxygens (including phenoxy) is 1. The van der Waals surface area contributed by atoms with Gasteiger partial charge in [0, 0.05) is 25.3 Å². The standard InChI is InChI=1S/C18H22N2O/c1-21-18-7-4-16-13-20(11-9-15(16)12-18)10-8-14-2-5-17(19)6-3-14/h2-7,12H,8-11,13,19H2,1H3. The third kappa shape index (κ3) is 3.37. The molecule has 0 aliphatic carbocycles. The number of hydrogen-bond donors (Lipinski definition) is 1. The number of anilines is 1. The summed E-state index contributed by atoms with van der Waals surface area (Å²) in [5.41, 5.74) is 10.8. The molecule has 0 saturated heterocycles. The molecule has 0 atom stereocenters. The molecule has 0 spiro atoms. The van der Waals surface area contributed by atoms with Crippen molar-refractivity contribution in [2.75, 3.05) is 25.9 Å². The second kappa shape index (κ2) is 6.19. The number of nitrogen functional groups attached to an aromatic ring is 1. The van der Waals surface area contributed by atoms with Crippen LogP contribution in [0.1, 0.15) is 16.7 Å². The van der Waals surface area contributed by atoms with E-state index in [1.807, 2.05) is 12.1 Å². The highest BCUT2D eigenvalue weighted by atomic mass is 16.5. The molecule has 3 nitrogen and oxygen atoms in total. The Morgan fingerprint density at radius 2 is 1.90 bits per heavy atom. The molecule has 3 heteroatoms. The number of fused-ring (bicyclic) bond motifs is 1. The van der Waals surface area contributed by atoms with Crippen molar-refractivity contribution >= 4 is 5.69 Å². The highest BCUT2D eigenvalue weighted by Crippen LogP contribution is 2.23. The van der Waals surface area contributed by atoms with Crippen LogP contribution in [0.3, 0.4) is 0 Å². The van der Waals surface area contributed by atoms with Crippen molar-refractivity contribution in [3.05, 3.63) is 59.2 Å². The van der Waals surface area contributed by atoms with Crippen LogP contribution in [0.2, 0.25) is 0 Å². The molecule has 0 bridgehead atoms. The van der Waals surface area contributed by atoms with Gasteiger partial charge in [-0.15, -0.1) is 0 Å². The van der Waals surface area contributed by atoms with Crippen LogP contribution < -0.4 is 10.5 Å². The SMILES string of the molecule is COc1ccc2c(c1)CCN(CCc1ccc(N)cc1)C2. The van der Waals surface area contributed by atoms with Gasteiger partial charge in [0.25, 0.3) is 0 Å².